The number of imidazole rings is 1. The Bertz CT molecular complexity index is 1050. The summed E-state index contributed by atoms with van der Waals surface area (Å²) < 4.78 is 0. The molecule has 0 fully saturated rings. The Labute approximate surface area is 146 Å². The number of rotatable bonds is 2. The van der Waals surface area contributed by atoms with E-state index in [-0.39, 0.29) is 18.1 Å². The second kappa shape index (κ2) is 5.48. The molecule has 0 amide bonds. The largest absolute Gasteiger partial charge is 0.509 e. The molecule has 25 heavy (non-hydrogen) atoms. The van der Waals surface area contributed by atoms with E-state index in [9.17, 15) is 5.11 Å². The fourth-order valence-corrected chi connectivity index (χ4v) is 3.38. The molecule has 5 nitrogen and oxygen atoms in total. The molecule has 126 valence electrons. The van der Waals surface area contributed by atoms with Crippen LogP contribution in [0.4, 0.5) is 5.69 Å². The van der Waals surface area contributed by atoms with Crippen LogP contribution in [-0.4, -0.2) is 27.5 Å². The van der Waals surface area contributed by atoms with Gasteiger partial charge < -0.3 is 15.0 Å². The lowest BCUT2D eigenvalue weighted by Gasteiger charge is -2.21. The minimum Gasteiger partial charge on any atom is -0.509 e. The number of hydrogen-bond donors (Lipinski definition) is 3. The number of aliphatic hydroxyl groups is 1. The van der Waals surface area contributed by atoms with Crippen LogP contribution in [0.1, 0.15) is 22.5 Å². The molecular weight excluding hydrogens is 312 g/mol. The number of amidine groups is 1. The second-order valence-corrected chi connectivity index (χ2v) is 6.65. The maximum absolute atomic E-state index is 10.5. The molecule has 0 aliphatic carbocycles. The van der Waals surface area contributed by atoms with E-state index in [1.165, 1.54) is 5.56 Å². The van der Waals surface area contributed by atoms with Gasteiger partial charge in [0.1, 0.15) is 17.4 Å². The van der Waals surface area contributed by atoms with Crippen LogP contribution in [0.25, 0.3) is 16.6 Å². The molecular formula is C20H20N4O. The van der Waals surface area contributed by atoms with Crippen LogP contribution in [0.2, 0.25) is 0 Å². The molecule has 2 aromatic carbocycles. The zero-order valence-electron chi connectivity index (χ0n) is 14.5. The summed E-state index contributed by atoms with van der Waals surface area (Å²) in [6.45, 7) is 6.38. The fourth-order valence-electron chi connectivity index (χ4n) is 3.38. The first-order valence-corrected chi connectivity index (χ1v) is 8.26. The summed E-state index contributed by atoms with van der Waals surface area (Å²) in [5.41, 5.74) is 6.54. The lowest BCUT2D eigenvalue weighted by Crippen LogP contribution is -2.27. The molecule has 3 aromatic rings. The molecule has 4 rings (SSSR count). The van der Waals surface area contributed by atoms with Gasteiger partial charge in [0.15, 0.2) is 0 Å². The predicted octanol–water partition coefficient (Wildman–Crippen LogP) is 4.25. The quantitative estimate of drug-likeness (QED) is 0.656. The highest BCUT2D eigenvalue weighted by atomic mass is 16.3. The van der Waals surface area contributed by atoms with E-state index in [2.05, 4.69) is 16.0 Å². The van der Waals surface area contributed by atoms with Crippen molar-refractivity contribution in [3.63, 3.8) is 0 Å². The molecule has 0 bridgehead atoms. The number of aryl methyl sites for hydroxylation is 3. The van der Waals surface area contributed by atoms with Gasteiger partial charge in [-0.2, -0.15) is 0 Å². The first-order chi connectivity index (χ1) is 11.9. The Kier molecular flexibility index (Phi) is 3.39. The highest BCUT2D eigenvalue weighted by Crippen LogP contribution is 2.32. The van der Waals surface area contributed by atoms with Crippen molar-refractivity contribution in [2.75, 3.05) is 11.4 Å². The smallest absolute Gasteiger partial charge is 0.145 e. The van der Waals surface area contributed by atoms with Gasteiger partial charge in [0.05, 0.1) is 23.2 Å². The van der Waals surface area contributed by atoms with Crippen molar-refractivity contribution in [3.8, 4) is 0 Å². The standard InChI is InChI=1S/C20H20N4O/c1-11-5-7-16(13(3)8-11)24-10-17(25)18(19(24)21)20-22-14-6-4-12(2)9-15(14)23-20/h4-9,21,25H,10H2,1-3H3,(H,22,23). The van der Waals surface area contributed by atoms with Crippen LogP contribution in [0.3, 0.4) is 0 Å². The van der Waals surface area contributed by atoms with Crippen LogP contribution in [0.15, 0.2) is 42.2 Å². The Morgan fingerprint density at radius 1 is 1.08 bits per heavy atom. The van der Waals surface area contributed by atoms with E-state index in [0.717, 1.165) is 27.8 Å². The minimum absolute atomic E-state index is 0.167. The van der Waals surface area contributed by atoms with Crippen molar-refractivity contribution in [1.82, 2.24) is 9.97 Å². The number of H-pyrrole nitrogens is 1. The SMILES string of the molecule is Cc1ccc(N2CC(O)=C(c3nc4ccc(C)cc4[nH]3)C2=N)c(C)c1. The summed E-state index contributed by atoms with van der Waals surface area (Å²) >= 11 is 0. The van der Waals surface area contributed by atoms with Crippen LogP contribution in [0.5, 0.6) is 0 Å². The number of aliphatic hydroxyl groups excluding tert-OH is 1. The van der Waals surface area contributed by atoms with Crippen LogP contribution < -0.4 is 4.90 Å². The van der Waals surface area contributed by atoms with E-state index in [4.69, 9.17) is 5.41 Å². The molecule has 1 aliphatic heterocycles. The van der Waals surface area contributed by atoms with Crippen molar-refractivity contribution in [2.24, 2.45) is 0 Å². The van der Waals surface area contributed by atoms with Gasteiger partial charge in [-0.25, -0.2) is 4.98 Å². The van der Waals surface area contributed by atoms with E-state index in [1.807, 2.05) is 56.0 Å². The Morgan fingerprint density at radius 2 is 1.80 bits per heavy atom. The van der Waals surface area contributed by atoms with Crippen molar-refractivity contribution < 1.29 is 5.11 Å². The Morgan fingerprint density at radius 3 is 2.56 bits per heavy atom. The topological polar surface area (TPSA) is 76.0 Å². The lowest BCUT2D eigenvalue weighted by atomic mass is 10.1. The summed E-state index contributed by atoms with van der Waals surface area (Å²) in [6, 6.07) is 12.1. The van der Waals surface area contributed by atoms with Gasteiger partial charge in [-0.05, 0) is 50.1 Å². The van der Waals surface area contributed by atoms with Gasteiger partial charge in [-0.15, -0.1) is 0 Å². The Balaban J connectivity index is 1.75. The van der Waals surface area contributed by atoms with Crippen molar-refractivity contribution in [3.05, 3.63) is 64.7 Å². The molecule has 3 N–H and O–H groups in total. The van der Waals surface area contributed by atoms with Gasteiger partial charge in [-0.3, -0.25) is 5.41 Å². The number of nitrogens with zero attached hydrogens (tertiary/aromatic N) is 2. The van der Waals surface area contributed by atoms with E-state index >= 15 is 0 Å². The molecule has 0 spiro atoms. The number of nitrogens with one attached hydrogen (secondary N) is 2. The molecule has 0 saturated heterocycles. The zero-order valence-corrected chi connectivity index (χ0v) is 14.5. The lowest BCUT2D eigenvalue weighted by molar-refractivity contribution is 0.411. The Hall–Kier alpha value is -3.08. The first-order valence-electron chi connectivity index (χ1n) is 8.26. The van der Waals surface area contributed by atoms with Gasteiger partial charge in [-0.1, -0.05) is 23.8 Å². The molecule has 0 atom stereocenters. The minimum atomic E-state index is 0.167. The number of anilines is 1. The molecule has 0 saturated carbocycles. The van der Waals surface area contributed by atoms with Gasteiger partial charge in [0, 0.05) is 5.69 Å². The first kappa shape index (κ1) is 15.4. The predicted molar refractivity (Wildman–Crippen MR) is 101 cm³/mol. The van der Waals surface area contributed by atoms with Crippen molar-refractivity contribution in [2.45, 2.75) is 20.8 Å². The average Bonchev–Trinajstić information content (AvgIpc) is 3.07. The molecule has 1 aromatic heterocycles. The van der Waals surface area contributed by atoms with Crippen LogP contribution in [-0.2, 0) is 0 Å². The van der Waals surface area contributed by atoms with Crippen molar-refractivity contribution >= 4 is 28.1 Å². The molecule has 1 aliphatic rings. The molecule has 5 heteroatoms. The fraction of sp³-hybridized carbons (Fsp3) is 0.200. The van der Waals surface area contributed by atoms with Gasteiger partial charge in [0.25, 0.3) is 0 Å². The third-order valence-corrected chi connectivity index (χ3v) is 4.62. The third-order valence-electron chi connectivity index (χ3n) is 4.62. The maximum atomic E-state index is 10.5. The second-order valence-electron chi connectivity index (χ2n) is 6.65. The molecule has 0 unspecified atom stereocenters. The van der Waals surface area contributed by atoms with Gasteiger partial charge in [0.2, 0.25) is 0 Å². The zero-order chi connectivity index (χ0) is 17.7. The maximum Gasteiger partial charge on any atom is 0.145 e. The van der Waals surface area contributed by atoms with Crippen LogP contribution >= 0.6 is 0 Å². The number of aromatic nitrogens is 2. The third kappa shape index (κ3) is 2.48. The van der Waals surface area contributed by atoms with E-state index in [1.54, 1.807) is 0 Å². The molecule has 0 radical (unpaired) electrons. The number of fused-ring (bicyclic) bond motifs is 1. The van der Waals surface area contributed by atoms with E-state index < -0.39 is 0 Å². The monoisotopic (exact) mass is 332 g/mol. The number of hydrogen-bond acceptors (Lipinski definition) is 3. The summed E-state index contributed by atoms with van der Waals surface area (Å²) in [6.07, 6.45) is 0. The average molecular weight is 332 g/mol. The number of benzene rings is 2. The van der Waals surface area contributed by atoms with Crippen LogP contribution in [0, 0.1) is 26.2 Å². The van der Waals surface area contributed by atoms with E-state index in [0.29, 0.717) is 11.4 Å². The highest BCUT2D eigenvalue weighted by Gasteiger charge is 2.31. The summed E-state index contributed by atoms with van der Waals surface area (Å²) in [7, 11) is 0. The normalized spacial score (nSPS) is 14.8. The van der Waals surface area contributed by atoms with Crippen molar-refractivity contribution in [1.29, 1.82) is 5.41 Å². The summed E-state index contributed by atoms with van der Waals surface area (Å²) in [4.78, 5) is 9.62. The summed E-state index contributed by atoms with van der Waals surface area (Å²) in [5.74, 6) is 0.969. The van der Waals surface area contributed by atoms with Gasteiger partial charge >= 0.3 is 0 Å². The highest BCUT2D eigenvalue weighted by molar-refractivity contribution is 6.30. The summed E-state index contributed by atoms with van der Waals surface area (Å²) in [5, 5.41) is 19.1. The molecule has 2 heterocycles. The number of aromatic amines is 1.